The van der Waals surface area contributed by atoms with Crippen LogP contribution in [0.4, 0.5) is 0 Å². The van der Waals surface area contributed by atoms with Gasteiger partial charge in [-0.25, -0.2) is 4.98 Å². The van der Waals surface area contributed by atoms with Crippen LogP contribution in [0.3, 0.4) is 0 Å². The number of carbonyl (C=O) groups excluding carboxylic acids is 1. The highest BCUT2D eigenvalue weighted by molar-refractivity contribution is 5.94. The van der Waals surface area contributed by atoms with E-state index < -0.39 is 0 Å². The number of imidazole rings is 1. The second-order valence-electron chi connectivity index (χ2n) is 4.21. The molecule has 0 fully saturated rings. The molecule has 0 aliphatic rings. The molecule has 1 atom stereocenters. The number of carbonyl (C=O) groups is 1. The third-order valence-electron chi connectivity index (χ3n) is 2.71. The Morgan fingerprint density at radius 3 is 3.10 bits per heavy atom. The largest absolute Gasteiger partial charge is 0.384 e. The molecular formula is C15H15N3O2. The standard InChI is InChI=1S/C15H15N3O2/c1-11(14-16-7-8-17-14)18-15(20)13-6-2-4-12(10-13)5-3-9-19/h2,4,6-8,10-11,19H,9H2,1H3,(H,16,17)(H,18,20). The monoisotopic (exact) mass is 269 g/mol. The van der Waals surface area contributed by atoms with Gasteiger partial charge in [0.05, 0.1) is 6.04 Å². The first-order valence-corrected chi connectivity index (χ1v) is 6.20. The predicted octanol–water partition coefficient (Wildman–Crippen LogP) is 1.24. The van der Waals surface area contributed by atoms with Gasteiger partial charge in [0, 0.05) is 23.5 Å². The summed E-state index contributed by atoms with van der Waals surface area (Å²) in [6, 6.07) is 6.74. The Kier molecular flexibility index (Phi) is 4.53. The molecule has 5 nitrogen and oxygen atoms in total. The lowest BCUT2D eigenvalue weighted by atomic mass is 10.1. The van der Waals surface area contributed by atoms with Crippen molar-refractivity contribution in [2.45, 2.75) is 13.0 Å². The summed E-state index contributed by atoms with van der Waals surface area (Å²) >= 11 is 0. The fourth-order valence-electron chi connectivity index (χ4n) is 1.74. The molecule has 1 amide bonds. The molecule has 102 valence electrons. The van der Waals surface area contributed by atoms with Crippen molar-refractivity contribution in [2.75, 3.05) is 6.61 Å². The molecule has 0 bridgehead atoms. The minimum Gasteiger partial charge on any atom is -0.384 e. The molecule has 1 heterocycles. The molecule has 0 saturated heterocycles. The van der Waals surface area contributed by atoms with E-state index in [1.165, 1.54) is 0 Å². The number of hydrogen-bond donors (Lipinski definition) is 3. The highest BCUT2D eigenvalue weighted by atomic mass is 16.2. The van der Waals surface area contributed by atoms with E-state index in [0.29, 0.717) is 17.0 Å². The number of nitrogens with zero attached hydrogens (tertiary/aromatic N) is 1. The van der Waals surface area contributed by atoms with Gasteiger partial charge in [-0.3, -0.25) is 4.79 Å². The normalized spacial score (nSPS) is 11.3. The van der Waals surface area contributed by atoms with Gasteiger partial charge < -0.3 is 15.4 Å². The van der Waals surface area contributed by atoms with E-state index in [0.717, 1.165) is 0 Å². The minimum absolute atomic E-state index is 0.193. The summed E-state index contributed by atoms with van der Waals surface area (Å²) in [6.45, 7) is 1.65. The van der Waals surface area contributed by atoms with Crippen molar-refractivity contribution < 1.29 is 9.90 Å². The number of benzene rings is 1. The lowest BCUT2D eigenvalue weighted by Gasteiger charge is -2.11. The molecule has 1 unspecified atom stereocenters. The molecule has 5 heteroatoms. The van der Waals surface area contributed by atoms with Crippen LogP contribution >= 0.6 is 0 Å². The number of rotatable bonds is 3. The molecule has 0 aliphatic heterocycles. The van der Waals surface area contributed by atoms with Crippen LogP contribution in [-0.4, -0.2) is 27.6 Å². The van der Waals surface area contributed by atoms with E-state index >= 15 is 0 Å². The molecule has 1 aromatic carbocycles. The van der Waals surface area contributed by atoms with Crippen molar-refractivity contribution in [2.24, 2.45) is 0 Å². The van der Waals surface area contributed by atoms with Crippen LogP contribution in [0.2, 0.25) is 0 Å². The van der Waals surface area contributed by atoms with Crippen LogP contribution in [0.5, 0.6) is 0 Å². The maximum Gasteiger partial charge on any atom is 0.251 e. The first kappa shape index (κ1) is 13.8. The van der Waals surface area contributed by atoms with Crippen LogP contribution in [0.1, 0.15) is 34.7 Å². The summed E-state index contributed by atoms with van der Waals surface area (Å²) in [7, 11) is 0. The number of nitrogens with one attached hydrogen (secondary N) is 2. The van der Waals surface area contributed by atoms with Gasteiger partial charge in [-0.05, 0) is 25.1 Å². The van der Waals surface area contributed by atoms with Crippen LogP contribution in [0.15, 0.2) is 36.7 Å². The molecule has 0 radical (unpaired) electrons. The van der Waals surface area contributed by atoms with Gasteiger partial charge in [0.15, 0.2) is 0 Å². The molecule has 20 heavy (non-hydrogen) atoms. The third kappa shape index (κ3) is 3.46. The summed E-state index contributed by atoms with van der Waals surface area (Å²) in [5, 5.41) is 11.5. The zero-order chi connectivity index (χ0) is 14.4. The molecule has 2 aromatic rings. The second kappa shape index (κ2) is 6.55. The van der Waals surface area contributed by atoms with Crippen LogP contribution in [0.25, 0.3) is 0 Å². The average Bonchev–Trinajstić information content (AvgIpc) is 2.99. The maximum atomic E-state index is 12.1. The highest BCUT2D eigenvalue weighted by Crippen LogP contribution is 2.09. The highest BCUT2D eigenvalue weighted by Gasteiger charge is 2.12. The summed E-state index contributed by atoms with van der Waals surface area (Å²) in [6.07, 6.45) is 3.35. The Morgan fingerprint density at radius 1 is 1.55 bits per heavy atom. The molecule has 2 rings (SSSR count). The Hall–Kier alpha value is -2.58. The van der Waals surface area contributed by atoms with E-state index in [4.69, 9.17) is 5.11 Å². The molecular weight excluding hydrogens is 254 g/mol. The van der Waals surface area contributed by atoms with Crippen molar-refractivity contribution in [1.29, 1.82) is 0 Å². The van der Waals surface area contributed by atoms with Gasteiger partial charge in [-0.1, -0.05) is 17.9 Å². The van der Waals surface area contributed by atoms with Crippen molar-refractivity contribution >= 4 is 5.91 Å². The summed E-state index contributed by atoms with van der Waals surface area (Å²) < 4.78 is 0. The second-order valence-corrected chi connectivity index (χ2v) is 4.21. The van der Waals surface area contributed by atoms with Gasteiger partial charge in [-0.2, -0.15) is 0 Å². The first-order chi connectivity index (χ1) is 9.70. The number of H-pyrrole nitrogens is 1. The summed E-state index contributed by atoms with van der Waals surface area (Å²) in [5.74, 6) is 5.83. The van der Waals surface area contributed by atoms with E-state index in [9.17, 15) is 4.79 Å². The quantitative estimate of drug-likeness (QED) is 0.734. The number of aliphatic hydroxyl groups is 1. The molecule has 0 spiro atoms. The van der Waals surface area contributed by atoms with Crippen LogP contribution in [0, 0.1) is 11.8 Å². The van der Waals surface area contributed by atoms with E-state index in [1.54, 1.807) is 36.7 Å². The number of aromatic amines is 1. The van der Waals surface area contributed by atoms with Crippen LogP contribution < -0.4 is 5.32 Å². The van der Waals surface area contributed by atoms with Crippen molar-refractivity contribution in [3.05, 3.63) is 53.6 Å². The first-order valence-electron chi connectivity index (χ1n) is 6.20. The van der Waals surface area contributed by atoms with Gasteiger partial charge in [0.1, 0.15) is 12.4 Å². The van der Waals surface area contributed by atoms with Gasteiger partial charge in [-0.15, -0.1) is 0 Å². The fourth-order valence-corrected chi connectivity index (χ4v) is 1.74. The Bertz CT molecular complexity index is 639. The fraction of sp³-hybridized carbons (Fsp3) is 0.200. The number of aliphatic hydroxyl groups excluding tert-OH is 1. The van der Waals surface area contributed by atoms with Crippen molar-refractivity contribution in [1.82, 2.24) is 15.3 Å². The van der Waals surface area contributed by atoms with Gasteiger partial charge >= 0.3 is 0 Å². The van der Waals surface area contributed by atoms with Crippen molar-refractivity contribution in [3.63, 3.8) is 0 Å². The zero-order valence-corrected chi connectivity index (χ0v) is 11.1. The topological polar surface area (TPSA) is 78.0 Å². The maximum absolute atomic E-state index is 12.1. The Morgan fingerprint density at radius 2 is 2.40 bits per heavy atom. The predicted molar refractivity (Wildman–Crippen MR) is 74.9 cm³/mol. The van der Waals surface area contributed by atoms with Gasteiger partial charge in [0.25, 0.3) is 5.91 Å². The zero-order valence-electron chi connectivity index (χ0n) is 11.1. The summed E-state index contributed by atoms with van der Waals surface area (Å²) in [5.41, 5.74) is 1.21. The number of amides is 1. The molecule has 0 saturated carbocycles. The minimum atomic E-state index is -0.204. The van der Waals surface area contributed by atoms with Crippen LogP contribution in [-0.2, 0) is 0 Å². The lowest BCUT2D eigenvalue weighted by molar-refractivity contribution is 0.0938. The smallest absolute Gasteiger partial charge is 0.251 e. The molecule has 3 N–H and O–H groups in total. The molecule has 0 aliphatic carbocycles. The average molecular weight is 269 g/mol. The SMILES string of the molecule is CC(NC(=O)c1cccc(C#CCO)c1)c1ncc[nH]1. The van der Waals surface area contributed by atoms with E-state index in [-0.39, 0.29) is 18.6 Å². The number of aromatic nitrogens is 2. The van der Waals surface area contributed by atoms with Gasteiger partial charge in [0.2, 0.25) is 0 Å². The van der Waals surface area contributed by atoms with Crippen molar-refractivity contribution in [3.8, 4) is 11.8 Å². The third-order valence-corrected chi connectivity index (χ3v) is 2.71. The summed E-state index contributed by atoms with van der Waals surface area (Å²) in [4.78, 5) is 19.2. The Labute approximate surface area is 117 Å². The lowest BCUT2D eigenvalue weighted by Crippen LogP contribution is -2.27. The van der Waals surface area contributed by atoms with E-state index in [2.05, 4.69) is 27.1 Å². The molecule has 1 aromatic heterocycles. The van der Waals surface area contributed by atoms with E-state index in [1.807, 2.05) is 6.92 Å². The number of hydrogen-bond acceptors (Lipinski definition) is 3. The Balaban J connectivity index is 2.09.